The Hall–Kier alpha value is -2.04. The fourth-order valence-corrected chi connectivity index (χ4v) is 2.71. The predicted molar refractivity (Wildman–Crippen MR) is 85.1 cm³/mol. The molecule has 4 nitrogen and oxygen atoms in total. The van der Waals surface area contributed by atoms with Crippen molar-refractivity contribution >= 4 is 28.9 Å². The molecule has 0 saturated carbocycles. The minimum absolute atomic E-state index is 0.0877. The summed E-state index contributed by atoms with van der Waals surface area (Å²) in [4.78, 5) is 14.2. The maximum absolute atomic E-state index is 12.1. The average molecular weight is 302 g/mol. The number of benzene rings is 2. The van der Waals surface area contributed by atoms with Crippen LogP contribution < -0.4 is 11.1 Å². The van der Waals surface area contributed by atoms with Gasteiger partial charge in [0, 0.05) is 18.8 Å². The quantitative estimate of drug-likeness (QED) is 0.857. The van der Waals surface area contributed by atoms with Crippen LogP contribution in [-0.4, -0.2) is 17.4 Å². The van der Waals surface area contributed by atoms with Gasteiger partial charge in [-0.05, 0) is 29.3 Å². The molecular formula is C16H16ClN3O. The Labute approximate surface area is 128 Å². The molecule has 1 heterocycles. The molecule has 0 fully saturated rings. The first-order chi connectivity index (χ1) is 10.1. The van der Waals surface area contributed by atoms with Gasteiger partial charge in [-0.3, -0.25) is 9.69 Å². The lowest BCUT2D eigenvalue weighted by molar-refractivity contribution is -0.117. The Kier molecular flexibility index (Phi) is 3.82. The predicted octanol–water partition coefficient (Wildman–Crippen LogP) is 2.88. The lowest BCUT2D eigenvalue weighted by Crippen LogP contribution is -2.29. The minimum Gasteiger partial charge on any atom is -0.399 e. The lowest BCUT2D eigenvalue weighted by atomic mass is 10.1. The number of nitrogens with zero attached hydrogens (tertiary/aromatic N) is 1. The van der Waals surface area contributed by atoms with Gasteiger partial charge < -0.3 is 11.1 Å². The summed E-state index contributed by atoms with van der Waals surface area (Å²) in [7, 11) is 0. The van der Waals surface area contributed by atoms with Crippen LogP contribution in [0.4, 0.5) is 11.4 Å². The summed E-state index contributed by atoms with van der Waals surface area (Å²) in [5.74, 6) is -0.0877. The molecule has 2 aromatic rings. The van der Waals surface area contributed by atoms with E-state index in [0.717, 1.165) is 13.1 Å². The first-order valence-corrected chi connectivity index (χ1v) is 7.13. The Morgan fingerprint density at radius 3 is 2.52 bits per heavy atom. The molecule has 1 aliphatic heterocycles. The first-order valence-electron chi connectivity index (χ1n) is 6.76. The number of hydrogen-bond donors (Lipinski definition) is 2. The molecule has 21 heavy (non-hydrogen) atoms. The fourth-order valence-electron chi connectivity index (χ4n) is 2.55. The van der Waals surface area contributed by atoms with Crippen LogP contribution in [0.2, 0.25) is 5.02 Å². The molecule has 0 saturated heterocycles. The molecule has 1 amide bonds. The van der Waals surface area contributed by atoms with Gasteiger partial charge in [0.1, 0.15) is 0 Å². The van der Waals surface area contributed by atoms with Crippen molar-refractivity contribution < 1.29 is 4.79 Å². The molecule has 0 unspecified atom stereocenters. The summed E-state index contributed by atoms with van der Waals surface area (Å²) >= 11 is 6.05. The number of amides is 1. The van der Waals surface area contributed by atoms with E-state index in [1.165, 1.54) is 11.1 Å². The standard InChI is InChI=1S/C16H16ClN3O/c17-14-6-5-13(18)7-15(14)19-16(21)10-20-8-11-3-1-2-4-12(11)9-20/h1-7H,8-10,18H2,(H,19,21). The van der Waals surface area contributed by atoms with E-state index in [4.69, 9.17) is 17.3 Å². The highest BCUT2D eigenvalue weighted by molar-refractivity contribution is 6.33. The SMILES string of the molecule is Nc1ccc(Cl)c(NC(=O)CN2Cc3ccccc3C2)c1. The smallest absolute Gasteiger partial charge is 0.238 e. The molecule has 5 heteroatoms. The number of fused-ring (bicyclic) bond motifs is 1. The van der Waals surface area contributed by atoms with Crippen molar-refractivity contribution in [3.8, 4) is 0 Å². The van der Waals surface area contributed by atoms with Crippen molar-refractivity contribution in [2.45, 2.75) is 13.1 Å². The van der Waals surface area contributed by atoms with Gasteiger partial charge in [0.15, 0.2) is 0 Å². The highest BCUT2D eigenvalue weighted by atomic mass is 35.5. The number of nitrogen functional groups attached to an aromatic ring is 1. The number of anilines is 2. The number of halogens is 1. The number of carbonyl (C=O) groups excluding carboxylic acids is 1. The normalized spacial score (nSPS) is 14.0. The summed E-state index contributed by atoms with van der Waals surface area (Å²) in [5, 5.41) is 3.30. The molecule has 3 N–H and O–H groups in total. The van der Waals surface area contributed by atoms with Gasteiger partial charge in [-0.25, -0.2) is 0 Å². The van der Waals surface area contributed by atoms with Crippen LogP contribution in [0, 0.1) is 0 Å². The molecule has 1 aliphatic rings. The van der Waals surface area contributed by atoms with Crippen LogP contribution in [0.5, 0.6) is 0 Å². The second kappa shape index (κ2) is 5.76. The summed E-state index contributed by atoms with van der Waals surface area (Å²) < 4.78 is 0. The average Bonchev–Trinajstić information content (AvgIpc) is 2.84. The molecule has 0 spiro atoms. The molecule has 108 valence electrons. The zero-order chi connectivity index (χ0) is 14.8. The number of carbonyl (C=O) groups is 1. The summed E-state index contributed by atoms with van der Waals surface area (Å²) in [6, 6.07) is 13.3. The van der Waals surface area contributed by atoms with E-state index in [0.29, 0.717) is 22.9 Å². The molecular weight excluding hydrogens is 286 g/mol. The summed E-state index contributed by atoms with van der Waals surface area (Å²) in [5.41, 5.74) is 9.40. The van der Waals surface area contributed by atoms with Crippen molar-refractivity contribution in [1.29, 1.82) is 0 Å². The van der Waals surface area contributed by atoms with Crippen molar-refractivity contribution in [2.24, 2.45) is 0 Å². The largest absolute Gasteiger partial charge is 0.399 e. The van der Waals surface area contributed by atoms with Crippen molar-refractivity contribution in [1.82, 2.24) is 4.90 Å². The Bertz CT molecular complexity index is 662. The van der Waals surface area contributed by atoms with Crippen LogP contribution in [0.15, 0.2) is 42.5 Å². The second-order valence-corrected chi connectivity index (χ2v) is 5.61. The maximum Gasteiger partial charge on any atom is 0.238 e. The van der Waals surface area contributed by atoms with Crippen LogP contribution >= 0.6 is 11.6 Å². The molecule has 0 radical (unpaired) electrons. The zero-order valence-electron chi connectivity index (χ0n) is 11.5. The van der Waals surface area contributed by atoms with E-state index >= 15 is 0 Å². The maximum atomic E-state index is 12.1. The van der Waals surface area contributed by atoms with Gasteiger partial charge in [-0.1, -0.05) is 35.9 Å². The topological polar surface area (TPSA) is 58.4 Å². The van der Waals surface area contributed by atoms with E-state index in [2.05, 4.69) is 22.3 Å². The van der Waals surface area contributed by atoms with Crippen molar-refractivity contribution in [3.63, 3.8) is 0 Å². The van der Waals surface area contributed by atoms with Crippen LogP contribution in [0.25, 0.3) is 0 Å². The third-order valence-corrected chi connectivity index (χ3v) is 3.87. The van der Waals surface area contributed by atoms with Gasteiger partial charge in [0.2, 0.25) is 5.91 Å². The molecule has 3 rings (SSSR count). The number of nitrogens with one attached hydrogen (secondary N) is 1. The highest BCUT2D eigenvalue weighted by Gasteiger charge is 2.20. The van der Waals surface area contributed by atoms with E-state index < -0.39 is 0 Å². The van der Waals surface area contributed by atoms with Gasteiger partial charge in [-0.15, -0.1) is 0 Å². The monoisotopic (exact) mass is 301 g/mol. The molecule has 2 aromatic carbocycles. The molecule has 0 aromatic heterocycles. The minimum atomic E-state index is -0.0877. The van der Waals surface area contributed by atoms with Crippen LogP contribution in [0.1, 0.15) is 11.1 Å². The molecule has 0 atom stereocenters. The summed E-state index contributed by atoms with van der Waals surface area (Å²) in [6.07, 6.45) is 0. The van der Waals surface area contributed by atoms with Gasteiger partial charge >= 0.3 is 0 Å². The summed E-state index contributed by atoms with van der Waals surface area (Å²) in [6.45, 7) is 1.93. The Morgan fingerprint density at radius 1 is 1.19 bits per heavy atom. The molecule has 0 bridgehead atoms. The number of rotatable bonds is 3. The van der Waals surface area contributed by atoms with E-state index in [1.54, 1.807) is 18.2 Å². The Morgan fingerprint density at radius 2 is 1.86 bits per heavy atom. The molecule has 0 aliphatic carbocycles. The van der Waals surface area contributed by atoms with E-state index in [-0.39, 0.29) is 5.91 Å². The first kappa shape index (κ1) is 13.9. The third-order valence-electron chi connectivity index (χ3n) is 3.54. The van der Waals surface area contributed by atoms with Crippen molar-refractivity contribution in [3.05, 3.63) is 58.6 Å². The third kappa shape index (κ3) is 3.17. The van der Waals surface area contributed by atoms with Crippen LogP contribution in [-0.2, 0) is 17.9 Å². The zero-order valence-corrected chi connectivity index (χ0v) is 12.2. The van der Waals surface area contributed by atoms with E-state index in [1.807, 2.05) is 12.1 Å². The van der Waals surface area contributed by atoms with Gasteiger partial charge in [0.25, 0.3) is 0 Å². The Balaban J connectivity index is 1.62. The van der Waals surface area contributed by atoms with Crippen LogP contribution in [0.3, 0.4) is 0 Å². The fraction of sp³-hybridized carbons (Fsp3) is 0.188. The van der Waals surface area contributed by atoms with E-state index in [9.17, 15) is 4.79 Å². The number of nitrogens with two attached hydrogens (primary N) is 1. The van der Waals surface area contributed by atoms with Gasteiger partial charge in [0.05, 0.1) is 17.3 Å². The lowest BCUT2D eigenvalue weighted by Gasteiger charge is -2.15. The highest BCUT2D eigenvalue weighted by Crippen LogP contribution is 2.25. The van der Waals surface area contributed by atoms with Gasteiger partial charge in [-0.2, -0.15) is 0 Å². The van der Waals surface area contributed by atoms with Crippen molar-refractivity contribution in [2.75, 3.05) is 17.6 Å². The number of hydrogen-bond acceptors (Lipinski definition) is 3. The second-order valence-electron chi connectivity index (χ2n) is 5.20.